The van der Waals surface area contributed by atoms with Crippen molar-refractivity contribution in [2.24, 2.45) is 5.84 Å². The molecular formula is C13H20N2O3. The summed E-state index contributed by atoms with van der Waals surface area (Å²) in [5.41, 5.74) is 2.05. The van der Waals surface area contributed by atoms with E-state index >= 15 is 0 Å². The number of carbonyl (C=O) groups excluding carboxylic acids is 1. The molecule has 0 radical (unpaired) electrons. The maximum atomic E-state index is 11.5. The normalized spacial score (nSPS) is 10.1. The summed E-state index contributed by atoms with van der Waals surface area (Å²) in [6.07, 6.45) is 0.954. The molecular weight excluding hydrogens is 232 g/mol. The van der Waals surface area contributed by atoms with Crippen molar-refractivity contribution in [1.29, 1.82) is 0 Å². The molecule has 5 nitrogen and oxygen atoms in total. The van der Waals surface area contributed by atoms with Crippen LogP contribution in [-0.4, -0.2) is 32.2 Å². The minimum Gasteiger partial charge on any atom is -0.497 e. The molecule has 1 aromatic carbocycles. The Morgan fingerprint density at radius 2 is 2.00 bits per heavy atom. The van der Waals surface area contributed by atoms with Gasteiger partial charge >= 0.3 is 0 Å². The molecule has 1 aromatic rings. The highest BCUT2D eigenvalue weighted by Gasteiger charge is 2.12. The average molecular weight is 252 g/mol. The van der Waals surface area contributed by atoms with Gasteiger partial charge in [0, 0.05) is 19.5 Å². The number of carbonyl (C=O) groups is 1. The number of methoxy groups -OCH3 is 2. The van der Waals surface area contributed by atoms with Gasteiger partial charge in [-0.25, -0.2) is 5.84 Å². The van der Waals surface area contributed by atoms with Crippen LogP contribution < -0.4 is 15.3 Å². The Balaban J connectivity index is 2.91. The van der Waals surface area contributed by atoms with E-state index in [1.54, 1.807) is 21.3 Å². The van der Waals surface area contributed by atoms with Gasteiger partial charge < -0.3 is 9.47 Å². The van der Waals surface area contributed by atoms with Crippen LogP contribution >= 0.6 is 0 Å². The van der Waals surface area contributed by atoms with Crippen LogP contribution in [0.25, 0.3) is 0 Å². The first-order valence-electron chi connectivity index (χ1n) is 5.72. The molecule has 0 aliphatic carbocycles. The maximum Gasteiger partial charge on any atom is 0.236 e. The number of hydrazine groups is 1. The zero-order valence-electron chi connectivity index (χ0n) is 11.3. The summed E-state index contributed by atoms with van der Waals surface area (Å²) < 4.78 is 10.5. The van der Waals surface area contributed by atoms with E-state index in [0.29, 0.717) is 12.8 Å². The van der Waals surface area contributed by atoms with E-state index in [1.807, 2.05) is 19.1 Å². The van der Waals surface area contributed by atoms with Crippen LogP contribution in [0.2, 0.25) is 0 Å². The van der Waals surface area contributed by atoms with E-state index in [1.165, 1.54) is 0 Å². The van der Waals surface area contributed by atoms with Gasteiger partial charge in [0.2, 0.25) is 5.91 Å². The Labute approximate surface area is 107 Å². The number of nitrogens with two attached hydrogens (primary N) is 1. The second-order valence-corrected chi connectivity index (χ2v) is 4.13. The molecule has 100 valence electrons. The monoisotopic (exact) mass is 252 g/mol. The number of ether oxygens (including phenoxy) is 2. The van der Waals surface area contributed by atoms with Gasteiger partial charge in [0.05, 0.1) is 14.2 Å². The smallest absolute Gasteiger partial charge is 0.236 e. The molecule has 0 aliphatic heterocycles. The number of nitrogens with zero attached hydrogens (tertiary/aromatic N) is 1. The lowest BCUT2D eigenvalue weighted by Crippen LogP contribution is -2.33. The Bertz CT molecular complexity index is 430. The molecule has 0 aromatic heterocycles. The molecule has 0 unspecified atom stereocenters. The Hall–Kier alpha value is -1.75. The fraction of sp³-hybridized carbons (Fsp3) is 0.462. The molecule has 0 spiro atoms. The molecule has 0 bridgehead atoms. The van der Waals surface area contributed by atoms with Gasteiger partial charge in [0.1, 0.15) is 11.5 Å². The molecule has 0 heterocycles. The summed E-state index contributed by atoms with van der Waals surface area (Å²) in [7, 11) is 4.76. The molecule has 0 fully saturated rings. The summed E-state index contributed by atoms with van der Waals surface area (Å²) in [6.45, 7) is 1.97. The van der Waals surface area contributed by atoms with Crippen molar-refractivity contribution in [2.45, 2.75) is 19.8 Å². The number of rotatable bonds is 5. The van der Waals surface area contributed by atoms with Crippen molar-refractivity contribution in [2.75, 3.05) is 21.3 Å². The van der Waals surface area contributed by atoms with Gasteiger partial charge in [-0.2, -0.15) is 0 Å². The molecule has 5 heteroatoms. The summed E-state index contributed by atoms with van der Waals surface area (Å²) in [4.78, 5) is 11.5. The predicted molar refractivity (Wildman–Crippen MR) is 69.6 cm³/mol. The van der Waals surface area contributed by atoms with E-state index < -0.39 is 0 Å². The Morgan fingerprint density at radius 1 is 1.33 bits per heavy atom. The number of amides is 1. The zero-order valence-corrected chi connectivity index (χ0v) is 11.3. The predicted octanol–water partition coefficient (Wildman–Crippen LogP) is 1.28. The zero-order chi connectivity index (χ0) is 13.7. The Morgan fingerprint density at radius 3 is 2.50 bits per heavy atom. The minimum absolute atomic E-state index is 0.104. The molecule has 18 heavy (non-hydrogen) atoms. The van der Waals surface area contributed by atoms with Crippen molar-refractivity contribution < 1.29 is 14.3 Å². The average Bonchev–Trinajstić information content (AvgIpc) is 2.35. The Kier molecular flexibility index (Phi) is 4.97. The lowest BCUT2D eigenvalue weighted by Gasteiger charge is -2.15. The van der Waals surface area contributed by atoms with Crippen molar-refractivity contribution in [3.63, 3.8) is 0 Å². The highest BCUT2D eigenvalue weighted by atomic mass is 16.5. The highest BCUT2D eigenvalue weighted by Crippen LogP contribution is 2.29. The maximum absolute atomic E-state index is 11.5. The summed E-state index contributed by atoms with van der Waals surface area (Å²) in [5.74, 6) is 6.76. The first-order chi connectivity index (χ1) is 8.49. The largest absolute Gasteiger partial charge is 0.497 e. The molecule has 0 aliphatic rings. The third kappa shape index (κ3) is 3.37. The van der Waals surface area contributed by atoms with Gasteiger partial charge in [0.15, 0.2) is 0 Å². The van der Waals surface area contributed by atoms with Gasteiger partial charge in [-0.05, 0) is 30.5 Å². The summed E-state index contributed by atoms with van der Waals surface area (Å²) in [6, 6.07) is 3.74. The third-order valence-corrected chi connectivity index (χ3v) is 2.84. The first-order valence-corrected chi connectivity index (χ1v) is 5.72. The van der Waals surface area contributed by atoms with E-state index in [2.05, 4.69) is 0 Å². The first kappa shape index (κ1) is 14.3. The number of benzene rings is 1. The molecule has 0 atom stereocenters. The lowest BCUT2D eigenvalue weighted by molar-refractivity contribution is -0.130. The number of hydrogen-bond acceptors (Lipinski definition) is 4. The van der Waals surface area contributed by atoms with Gasteiger partial charge in [0.25, 0.3) is 0 Å². The highest BCUT2D eigenvalue weighted by molar-refractivity contribution is 5.75. The topological polar surface area (TPSA) is 64.8 Å². The van der Waals surface area contributed by atoms with Crippen LogP contribution in [0.15, 0.2) is 12.1 Å². The second-order valence-electron chi connectivity index (χ2n) is 4.13. The lowest BCUT2D eigenvalue weighted by atomic mass is 10.0. The molecule has 0 saturated carbocycles. The van der Waals surface area contributed by atoms with E-state index in [4.69, 9.17) is 15.3 Å². The fourth-order valence-electron chi connectivity index (χ4n) is 1.78. The molecule has 0 saturated heterocycles. The summed E-state index contributed by atoms with van der Waals surface area (Å²) in [5, 5.41) is 1.10. The number of aryl methyl sites for hydroxylation is 1. The van der Waals surface area contributed by atoms with Gasteiger partial charge in [-0.1, -0.05) is 0 Å². The second kappa shape index (κ2) is 6.26. The fourth-order valence-corrected chi connectivity index (χ4v) is 1.78. The van der Waals surface area contributed by atoms with Crippen molar-refractivity contribution in [1.82, 2.24) is 5.01 Å². The van der Waals surface area contributed by atoms with Crippen molar-refractivity contribution >= 4 is 5.91 Å². The third-order valence-electron chi connectivity index (χ3n) is 2.84. The van der Waals surface area contributed by atoms with Crippen LogP contribution in [0.5, 0.6) is 11.5 Å². The molecule has 2 N–H and O–H groups in total. The standard InChI is InChI=1S/C13H20N2O3/c1-9-7-10(17-3)8-12(18-4)11(9)5-6-13(16)15(2)14/h7-8H,5-6,14H2,1-4H3. The van der Waals surface area contributed by atoms with Crippen LogP contribution in [0.1, 0.15) is 17.5 Å². The van der Waals surface area contributed by atoms with Crippen LogP contribution in [0.4, 0.5) is 0 Å². The van der Waals surface area contributed by atoms with Crippen LogP contribution in [-0.2, 0) is 11.2 Å². The van der Waals surface area contributed by atoms with Crippen LogP contribution in [0.3, 0.4) is 0 Å². The van der Waals surface area contributed by atoms with Gasteiger partial charge in [-0.15, -0.1) is 0 Å². The van der Waals surface area contributed by atoms with E-state index in [0.717, 1.165) is 27.6 Å². The van der Waals surface area contributed by atoms with Crippen molar-refractivity contribution in [3.05, 3.63) is 23.3 Å². The van der Waals surface area contributed by atoms with Crippen molar-refractivity contribution in [3.8, 4) is 11.5 Å². The number of hydrogen-bond donors (Lipinski definition) is 1. The molecule has 1 rings (SSSR count). The van der Waals surface area contributed by atoms with E-state index in [9.17, 15) is 4.79 Å². The minimum atomic E-state index is -0.104. The van der Waals surface area contributed by atoms with Gasteiger partial charge in [-0.3, -0.25) is 9.80 Å². The van der Waals surface area contributed by atoms with Crippen LogP contribution in [0, 0.1) is 6.92 Å². The quantitative estimate of drug-likeness (QED) is 0.487. The van der Waals surface area contributed by atoms with E-state index in [-0.39, 0.29) is 5.91 Å². The SMILES string of the molecule is COc1cc(C)c(CCC(=O)N(C)N)c(OC)c1. The summed E-state index contributed by atoms with van der Waals surface area (Å²) >= 11 is 0. The molecule has 1 amide bonds.